The Bertz CT molecular complexity index is 890. The Labute approximate surface area is 176 Å². The Kier molecular flexibility index (Phi) is 7.45. The van der Waals surface area contributed by atoms with Crippen molar-refractivity contribution in [1.82, 2.24) is 4.98 Å². The molecular formula is C18H20Cl2F3N5O. The normalized spacial score (nSPS) is 12.2. The predicted octanol–water partition coefficient (Wildman–Crippen LogP) is 4.79. The number of hydrazine groups is 1. The molecule has 0 aliphatic rings. The highest BCUT2D eigenvalue weighted by Crippen LogP contribution is 2.31. The summed E-state index contributed by atoms with van der Waals surface area (Å²) in [5.41, 5.74) is 5.72. The van der Waals surface area contributed by atoms with Crippen molar-refractivity contribution in [2.45, 2.75) is 26.1 Å². The minimum Gasteiger partial charge on any atom is -0.489 e. The number of hydrogen-bond acceptors (Lipinski definition) is 6. The molecule has 0 bridgehead atoms. The number of anilines is 2. The van der Waals surface area contributed by atoms with Crippen LogP contribution < -0.4 is 26.6 Å². The van der Waals surface area contributed by atoms with Crippen LogP contribution in [0.25, 0.3) is 0 Å². The summed E-state index contributed by atoms with van der Waals surface area (Å²) in [5.74, 6) is 6.48. The second-order valence-corrected chi connectivity index (χ2v) is 7.10. The first kappa shape index (κ1) is 22.9. The Morgan fingerprint density at radius 2 is 1.97 bits per heavy atom. The highest BCUT2D eigenvalue weighted by molar-refractivity contribution is 6.32. The molecule has 2 aromatic rings. The van der Waals surface area contributed by atoms with Gasteiger partial charge in [-0.1, -0.05) is 23.2 Å². The number of aromatic nitrogens is 1. The highest BCUT2D eigenvalue weighted by atomic mass is 35.5. The van der Waals surface area contributed by atoms with Gasteiger partial charge in [-0.25, -0.2) is 10.8 Å². The molecule has 0 aliphatic heterocycles. The van der Waals surface area contributed by atoms with E-state index >= 15 is 0 Å². The standard InChI is InChI=1S/C18H20Cl2F3N5O/c1-10(2)29-15-4-3-13(7-14(15)19)28(25)9-11(24)8-26-12-5-16(18(21,22)23)27-17(20)6-12/h3-7,9-10H,8,24-25H2,1-2H3,(H,26,27)/b11-9-. The largest absolute Gasteiger partial charge is 0.489 e. The van der Waals surface area contributed by atoms with Crippen molar-refractivity contribution in [3.05, 3.63) is 58.1 Å². The monoisotopic (exact) mass is 449 g/mol. The lowest BCUT2D eigenvalue weighted by Crippen LogP contribution is -2.27. The first-order valence-corrected chi connectivity index (χ1v) is 9.16. The number of nitrogens with one attached hydrogen (secondary N) is 1. The quantitative estimate of drug-likeness (QED) is 0.320. The lowest BCUT2D eigenvalue weighted by Gasteiger charge is -2.18. The van der Waals surface area contributed by atoms with Crippen LogP contribution in [0.15, 0.2) is 42.2 Å². The summed E-state index contributed by atoms with van der Waals surface area (Å²) < 4.78 is 44.0. The van der Waals surface area contributed by atoms with E-state index in [0.29, 0.717) is 16.5 Å². The summed E-state index contributed by atoms with van der Waals surface area (Å²) in [5, 5.41) is 4.08. The van der Waals surface area contributed by atoms with Gasteiger partial charge in [-0.05, 0) is 44.2 Å². The van der Waals surface area contributed by atoms with Gasteiger partial charge in [0.15, 0.2) is 0 Å². The van der Waals surface area contributed by atoms with E-state index in [-0.39, 0.29) is 29.2 Å². The molecule has 1 aromatic heterocycles. The second-order valence-electron chi connectivity index (χ2n) is 6.31. The average molecular weight is 450 g/mol. The van der Waals surface area contributed by atoms with Gasteiger partial charge in [-0.15, -0.1) is 0 Å². The Morgan fingerprint density at radius 3 is 2.55 bits per heavy atom. The van der Waals surface area contributed by atoms with Crippen LogP contribution in [0.3, 0.4) is 0 Å². The summed E-state index contributed by atoms with van der Waals surface area (Å²) in [6, 6.07) is 7.08. The van der Waals surface area contributed by atoms with Gasteiger partial charge in [0.25, 0.3) is 0 Å². The molecule has 5 N–H and O–H groups in total. The number of ether oxygens (including phenoxy) is 1. The van der Waals surface area contributed by atoms with Gasteiger partial charge >= 0.3 is 6.18 Å². The third-order valence-electron chi connectivity index (χ3n) is 3.46. The van der Waals surface area contributed by atoms with Crippen molar-refractivity contribution in [3.63, 3.8) is 0 Å². The van der Waals surface area contributed by atoms with Gasteiger partial charge in [-0.2, -0.15) is 13.2 Å². The second kappa shape index (κ2) is 9.43. The molecule has 11 heteroatoms. The third-order valence-corrected chi connectivity index (χ3v) is 3.95. The predicted molar refractivity (Wildman–Crippen MR) is 109 cm³/mol. The first-order valence-electron chi connectivity index (χ1n) is 8.40. The van der Waals surface area contributed by atoms with Gasteiger partial charge in [0.1, 0.15) is 16.6 Å². The topological polar surface area (TPSA) is 89.4 Å². The maximum atomic E-state index is 12.8. The van der Waals surface area contributed by atoms with Gasteiger partial charge < -0.3 is 15.8 Å². The molecule has 0 atom stereocenters. The third kappa shape index (κ3) is 6.88. The van der Waals surface area contributed by atoms with E-state index in [0.717, 1.165) is 6.07 Å². The van der Waals surface area contributed by atoms with Crippen molar-refractivity contribution in [3.8, 4) is 5.75 Å². The molecule has 0 spiro atoms. The Balaban J connectivity index is 2.06. The van der Waals surface area contributed by atoms with Crippen molar-refractivity contribution < 1.29 is 17.9 Å². The molecule has 1 aromatic carbocycles. The number of nitrogens with two attached hydrogens (primary N) is 2. The number of nitrogens with zero attached hydrogens (tertiary/aromatic N) is 2. The number of hydrogen-bond donors (Lipinski definition) is 3. The molecule has 2 rings (SSSR count). The van der Waals surface area contributed by atoms with Crippen LogP contribution in [0.5, 0.6) is 5.75 Å². The fourth-order valence-corrected chi connectivity index (χ4v) is 2.67. The summed E-state index contributed by atoms with van der Waals surface area (Å²) in [4.78, 5) is 3.26. The maximum Gasteiger partial charge on any atom is 0.433 e. The van der Waals surface area contributed by atoms with Crippen LogP contribution >= 0.6 is 23.2 Å². The van der Waals surface area contributed by atoms with Crippen LogP contribution in [-0.2, 0) is 6.18 Å². The van der Waals surface area contributed by atoms with E-state index < -0.39 is 11.9 Å². The minimum absolute atomic E-state index is 0.0214. The van der Waals surface area contributed by atoms with E-state index in [2.05, 4.69) is 10.3 Å². The van der Waals surface area contributed by atoms with Crippen molar-refractivity contribution in [1.29, 1.82) is 0 Å². The highest BCUT2D eigenvalue weighted by Gasteiger charge is 2.33. The van der Waals surface area contributed by atoms with E-state index in [4.69, 9.17) is 39.5 Å². The maximum absolute atomic E-state index is 12.8. The molecule has 0 saturated carbocycles. The molecular weight excluding hydrogens is 430 g/mol. The zero-order valence-corrected chi connectivity index (χ0v) is 17.1. The molecule has 6 nitrogen and oxygen atoms in total. The van der Waals surface area contributed by atoms with Gasteiger partial charge in [0.05, 0.1) is 23.4 Å². The molecule has 1 heterocycles. The zero-order valence-electron chi connectivity index (χ0n) is 15.6. The van der Waals surface area contributed by atoms with Crippen LogP contribution in [0.1, 0.15) is 19.5 Å². The average Bonchev–Trinajstić information content (AvgIpc) is 2.60. The number of pyridine rings is 1. The summed E-state index contributed by atoms with van der Waals surface area (Å²) >= 11 is 11.8. The summed E-state index contributed by atoms with van der Waals surface area (Å²) in [6.07, 6.45) is -3.23. The zero-order chi connectivity index (χ0) is 21.8. The van der Waals surface area contributed by atoms with Crippen molar-refractivity contribution in [2.24, 2.45) is 11.6 Å². The Hall–Kier alpha value is -2.36. The number of rotatable bonds is 7. The van der Waals surface area contributed by atoms with Gasteiger partial charge in [0.2, 0.25) is 0 Å². The van der Waals surface area contributed by atoms with Gasteiger partial charge in [-0.3, -0.25) is 5.01 Å². The van der Waals surface area contributed by atoms with Crippen LogP contribution in [0, 0.1) is 0 Å². The van der Waals surface area contributed by atoms with Crippen molar-refractivity contribution in [2.75, 3.05) is 16.9 Å². The molecule has 0 unspecified atom stereocenters. The molecule has 0 saturated heterocycles. The first-order chi connectivity index (χ1) is 13.5. The van der Waals surface area contributed by atoms with Crippen LogP contribution in [-0.4, -0.2) is 17.6 Å². The molecule has 29 heavy (non-hydrogen) atoms. The lowest BCUT2D eigenvalue weighted by molar-refractivity contribution is -0.141. The fourth-order valence-electron chi connectivity index (χ4n) is 2.25. The van der Waals surface area contributed by atoms with E-state index in [9.17, 15) is 13.2 Å². The van der Waals surface area contributed by atoms with Gasteiger partial charge in [0, 0.05) is 17.6 Å². The summed E-state index contributed by atoms with van der Waals surface area (Å²) in [6.45, 7) is 3.78. The Morgan fingerprint density at radius 1 is 1.28 bits per heavy atom. The number of benzene rings is 1. The molecule has 0 amide bonds. The number of halogens is 5. The van der Waals surface area contributed by atoms with Crippen LogP contribution in [0.2, 0.25) is 10.2 Å². The number of alkyl halides is 3. The van der Waals surface area contributed by atoms with Crippen molar-refractivity contribution >= 4 is 34.6 Å². The SMILES string of the molecule is CC(C)Oc1ccc(N(N)/C=C(\N)CNc2cc(Cl)nc(C(F)(F)F)c2)cc1Cl. The fraction of sp³-hybridized carbons (Fsp3) is 0.278. The summed E-state index contributed by atoms with van der Waals surface area (Å²) in [7, 11) is 0. The van der Waals surface area contributed by atoms with Crippen LogP contribution in [0.4, 0.5) is 24.5 Å². The van der Waals surface area contributed by atoms with E-state index in [1.165, 1.54) is 17.3 Å². The molecule has 0 radical (unpaired) electrons. The van der Waals surface area contributed by atoms with E-state index in [1.807, 2.05) is 13.8 Å². The van der Waals surface area contributed by atoms with E-state index in [1.54, 1.807) is 18.2 Å². The molecule has 0 fully saturated rings. The molecule has 0 aliphatic carbocycles. The minimum atomic E-state index is -4.61. The smallest absolute Gasteiger partial charge is 0.433 e. The molecule has 158 valence electrons. The lowest BCUT2D eigenvalue weighted by atomic mass is 10.3.